The van der Waals surface area contributed by atoms with Gasteiger partial charge in [-0.1, -0.05) is 12.8 Å². The van der Waals surface area contributed by atoms with Crippen molar-refractivity contribution in [3.05, 3.63) is 15.8 Å². The van der Waals surface area contributed by atoms with E-state index in [1.807, 2.05) is 0 Å². The Kier molecular flexibility index (Phi) is 5.03. The molecule has 2 unspecified atom stereocenters. The van der Waals surface area contributed by atoms with Gasteiger partial charge in [-0.15, -0.1) is 11.3 Å². The maximum Gasteiger partial charge on any atom is 0.349 e. The van der Waals surface area contributed by atoms with Gasteiger partial charge < -0.3 is 9.84 Å². The normalized spacial score (nSPS) is 23.0. The lowest BCUT2D eigenvalue weighted by molar-refractivity contribution is 0.0602. The van der Waals surface area contributed by atoms with E-state index in [1.165, 1.54) is 7.11 Å². The summed E-state index contributed by atoms with van der Waals surface area (Å²) in [5.41, 5.74) is 0.498. The van der Waals surface area contributed by atoms with Crippen LogP contribution in [0.5, 0.6) is 0 Å². The van der Waals surface area contributed by atoms with Crippen LogP contribution in [0.25, 0.3) is 0 Å². The molecule has 0 aliphatic heterocycles. The number of methoxy groups -OCH3 is 1. The Morgan fingerprint density at radius 2 is 2.10 bits per heavy atom. The molecule has 0 bridgehead atoms. The highest BCUT2D eigenvalue weighted by Gasteiger charge is 2.32. The third kappa shape index (κ3) is 3.45. The topological polar surface area (TPSA) is 92.7 Å². The molecule has 1 fully saturated rings. The van der Waals surface area contributed by atoms with Gasteiger partial charge in [-0.25, -0.2) is 17.9 Å². The van der Waals surface area contributed by atoms with Gasteiger partial charge in [0.25, 0.3) is 0 Å². The van der Waals surface area contributed by atoms with Crippen LogP contribution in [-0.4, -0.2) is 38.7 Å². The molecule has 0 radical (unpaired) electrons. The van der Waals surface area contributed by atoms with E-state index < -0.39 is 28.1 Å². The molecule has 0 aromatic carbocycles. The van der Waals surface area contributed by atoms with Crippen molar-refractivity contribution in [2.75, 3.05) is 7.11 Å². The van der Waals surface area contributed by atoms with Gasteiger partial charge in [-0.05, 0) is 30.7 Å². The molecule has 0 amide bonds. The summed E-state index contributed by atoms with van der Waals surface area (Å²) in [7, 11) is -2.65. The van der Waals surface area contributed by atoms with Crippen LogP contribution in [0.3, 0.4) is 0 Å². The number of hydrogen-bond donors (Lipinski definition) is 2. The van der Waals surface area contributed by atoms with Gasteiger partial charge in [-0.3, -0.25) is 0 Å². The Morgan fingerprint density at radius 3 is 2.71 bits per heavy atom. The fourth-order valence-electron chi connectivity index (χ4n) is 2.51. The third-order valence-corrected chi connectivity index (χ3v) is 6.48. The summed E-state index contributed by atoms with van der Waals surface area (Å²) in [6.45, 7) is 1.63. The number of aliphatic hydroxyl groups is 1. The molecule has 1 aliphatic rings. The zero-order valence-electron chi connectivity index (χ0n) is 12.0. The number of carbonyl (C=O) groups excluding carboxylic acids is 1. The summed E-state index contributed by atoms with van der Waals surface area (Å²) in [5.74, 6) is -0.669. The highest BCUT2D eigenvalue weighted by Crippen LogP contribution is 2.29. The highest BCUT2D eigenvalue weighted by molar-refractivity contribution is 7.89. The summed E-state index contributed by atoms with van der Waals surface area (Å²) < 4.78 is 32.2. The molecule has 1 saturated carbocycles. The third-order valence-electron chi connectivity index (χ3n) is 3.59. The predicted molar refractivity (Wildman–Crippen MR) is 79.0 cm³/mol. The van der Waals surface area contributed by atoms with Crippen molar-refractivity contribution in [3.63, 3.8) is 0 Å². The molecule has 2 N–H and O–H groups in total. The number of aliphatic hydroxyl groups excluding tert-OH is 1. The molecule has 0 spiro atoms. The first-order chi connectivity index (χ1) is 9.86. The number of nitrogens with one attached hydrogen (secondary N) is 1. The van der Waals surface area contributed by atoms with E-state index in [4.69, 9.17) is 0 Å². The van der Waals surface area contributed by atoms with Crippen molar-refractivity contribution in [2.24, 2.45) is 0 Å². The van der Waals surface area contributed by atoms with Gasteiger partial charge in [0.05, 0.1) is 13.2 Å². The Hall–Kier alpha value is -0.960. The summed E-state index contributed by atoms with van der Waals surface area (Å²) in [4.78, 5) is 11.7. The van der Waals surface area contributed by atoms with Crippen LogP contribution in [-0.2, 0) is 14.8 Å². The van der Waals surface area contributed by atoms with E-state index in [0.717, 1.165) is 24.2 Å². The van der Waals surface area contributed by atoms with Crippen LogP contribution in [0, 0.1) is 6.92 Å². The minimum absolute atomic E-state index is 0.0443. The number of esters is 1. The molecule has 118 valence electrons. The number of rotatable bonds is 4. The van der Waals surface area contributed by atoms with Crippen LogP contribution >= 0.6 is 11.3 Å². The summed E-state index contributed by atoms with van der Waals surface area (Å²) in [6.07, 6.45) is 2.26. The fraction of sp³-hybridized carbons (Fsp3) is 0.615. The molecule has 21 heavy (non-hydrogen) atoms. The van der Waals surface area contributed by atoms with Crippen LogP contribution < -0.4 is 4.72 Å². The number of ether oxygens (including phenoxy) is 1. The van der Waals surface area contributed by atoms with Crippen molar-refractivity contribution >= 4 is 27.3 Å². The second-order valence-corrected chi connectivity index (χ2v) is 7.68. The van der Waals surface area contributed by atoms with Gasteiger partial charge >= 0.3 is 5.97 Å². The quantitative estimate of drug-likeness (QED) is 0.813. The molecule has 2 atom stereocenters. The summed E-state index contributed by atoms with van der Waals surface area (Å²) in [6, 6.07) is -0.506. The van der Waals surface area contributed by atoms with Crippen LogP contribution in [0.15, 0.2) is 10.3 Å². The van der Waals surface area contributed by atoms with Crippen LogP contribution in [0.2, 0.25) is 0 Å². The van der Waals surface area contributed by atoms with Gasteiger partial charge in [-0.2, -0.15) is 0 Å². The van der Waals surface area contributed by atoms with E-state index in [9.17, 15) is 18.3 Å². The van der Waals surface area contributed by atoms with E-state index in [-0.39, 0.29) is 9.77 Å². The zero-order valence-corrected chi connectivity index (χ0v) is 13.6. The van der Waals surface area contributed by atoms with E-state index in [0.29, 0.717) is 18.4 Å². The first-order valence-electron chi connectivity index (χ1n) is 6.73. The summed E-state index contributed by atoms with van der Waals surface area (Å²) in [5, 5.41) is 11.5. The molecule has 6 nitrogen and oxygen atoms in total. The maximum atomic E-state index is 12.5. The van der Waals surface area contributed by atoms with Crippen molar-refractivity contribution in [1.29, 1.82) is 0 Å². The van der Waals surface area contributed by atoms with Crippen molar-refractivity contribution in [2.45, 2.75) is 49.6 Å². The van der Waals surface area contributed by atoms with Gasteiger partial charge in [0.2, 0.25) is 10.0 Å². The van der Waals surface area contributed by atoms with E-state index in [1.54, 1.807) is 12.3 Å². The molecular formula is C13H19NO5S2. The Balaban J connectivity index is 2.31. The number of sulfonamides is 1. The van der Waals surface area contributed by atoms with Crippen molar-refractivity contribution in [3.8, 4) is 0 Å². The lowest BCUT2D eigenvalue weighted by Crippen LogP contribution is -2.45. The maximum absolute atomic E-state index is 12.5. The average molecular weight is 333 g/mol. The molecule has 1 aromatic rings. The number of aryl methyl sites for hydroxylation is 1. The standard InChI is InChI=1S/C13H19NO5S2/c1-8-7-20-11(13(16)19-2)12(8)21(17,18)14-9-5-3-4-6-10(9)15/h7,9-10,14-15H,3-6H2,1-2H3. The Morgan fingerprint density at radius 1 is 1.43 bits per heavy atom. The zero-order chi connectivity index (χ0) is 15.6. The monoisotopic (exact) mass is 333 g/mol. The van der Waals surface area contributed by atoms with Crippen LogP contribution in [0.1, 0.15) is 40.9 Å². The molecule has 8 heteroatoms. The summed E-state index contributed by atoms with van der Waals surface area (Å²) >= 11 is 1.04. The smallest absolute Gasteiger partial charge is 0.349 e. The molecular weight excluding hydrogens is 314 g/mol. The minimum atomic E-state index is -3.87. The first kappa shape index (κ1) is 16.4. The van der Waals surface area contributed by atoms with Gasteiger partial charge in [0, 0.05) is 6.04 Å². The van der Waals surface area contributed by atoms with Crippen molar-refractivity contribution in [1.82, 2.24) is 4.72 Å². The number of carbonyl (C=O) groups is 1. The second-order valence-electron chi connectivity index (χ2n) is 5.15. The van der Waals surface area contributed by atoms with E-state index >= 15 is 0 Å². The average Bonchev–Trinajstić information content (AvgIpc) is 2.83. The minimum Gasteiger partial charge on any atom is -0.465 e. The lowest BCUT2D eigenvalue weighted by atomic mass is 9.93. The Labute approximate surface area is 128 Å². The number of thiophene rings is 1. The number of hydrogen-bond acceptors (Lipinski definition) is 6. The van der Waals surface area contributed by atoms with Gasteiger partial charge in [0.1, 0.15) is 9.77 Å². The molecule has 2 rings (SSSR count). The first-order valence-corrected chi connectivity index (χ1v) is 9.10. The SMILES string of the molecule is COC(=O)c1scc(C)c1S(=O)(=O)NC1CCCCC1O. The molecule has 0 saturated heterocycles. The Bertz CT molecular complexity index is 623. The van der Waals surface area contributed by atoms with E-state index in [2.05, 4.69) is 9.46 Å². The molecule has 1 heterocycles. The predicted octanol–water partition coefficient (Wildman–Crippen LogP) is 1.42. The highest BCUT2D eigenvalue weighted by atomic mass is 32.2. The van der Waals surface area contributed by atoms with Crippen molar-refractivity contribution < 1.29 is 23.1 Å². The molecule has 1 aliphatic carbocycles. The fourth-order valence-corrected chi connectivity index (χ4v) is 5.52. The van der Waals surface area contributed by atoms with Crippen LogP contribution in [0.4, 0.5) is 0 Å². The molecule has 1 aromatic heterocycles. The lowest BCUT2D eigenvalue weighted by Gasteiger charge is -2.28. The van der Waals surface area contributed by atoms with Gasteiger partial charge in [0.15, 0.2) is 0 Å². The second kappa shape index (κ2) is 6.43. The largest absolute Gasteiger partial charge is 0.465 e.